The first kappa shape index (κ1) is 22.0. The van der Waals surface area contributed by atoms with E-state index in [0.29, 0.717) is 18.1 Å². The number of allylic oxidation sites excluding steroid dienone is 1. The van der Waals surface area contributed by atoms with Gasteiger partial charge in [0.05, 0.1) is 35.9 Å². The van der Waals surface area contributed by atoms with Crippen LogP contribution in [0.1, 0.15) is 29.5 Å². The second kappa shape index (κ2) is 9.88. The highest BCUT2D eigenvalue weighted by atomic mass is 32.2. The molecule has 0 spiro atoms. The summed E-state index contributed by atoms with van der Waals surface area (Å²) in [5, 5.41) is 1.76. The summed E-state index contributed by atoms with van der Waals surface area (Å²) in [6.07, 6.45) is 5.17. The van der Waals surface area contributed by atoms with Gasteiger partial charge in [-0.25, -0.2) is 5.84 Å². The van der Waals surface area contributed by atoms with Gasteiger partial charge in [0.1, 0.15) is 23.4 Å². The van der Waals surface area contributed by atoms with Crippen molar-refractivity contribution in [1.29, 1.82) is 0 Å². The summed E-state index contributed by atoms with van der Waals surface area (Å²) in [6.45, 7) is 2.27. The molecule has 0 heterocycles. The zero-order chi connectivity index (χ0) is 21.7. The smallest absolute Gasteiger partial charge is 0.143 e. The number of hydrogen-bond acceptors (Lipinski definition) is 7. The third kappa shape index (κ3) is 5.47. The average Bonchev–Trinajstić information content (AvgIpc) is 3.57. The van der Waals surface area contributed by atoms with Crippen molar-refractivity contribution >= 4 is 29.0 Å². The molecule has 2 aromatic rings. The molecule has 160 valence electrons. The summed E-state index contributed by atoms with van der Waals surface area (Å²) in [7, 11) is 3.40. The van der Waals surface area contributed by atoms with Crippen LogP contribution in [0.5, 0.6) is 11.5 Å². The second-order valence-electron chi connectivity index (χ2n) is 7.19. The van der Waals surface area contributed by atoms with Crippen molar-refractivity contribution in [2.75, 3.05) is 19.2 Å². The fourth-order valence-corrected chi connectivity index (χ4v) is 3.88. The number of hydrogen-bond donors (Lipinski definition) is 2. The fraction of sp³-hybridized carbons (Fsp3) is 0.318. The van der Waals surface area contributed by atoms with Gasteiger partial charge in [0, 0.05) is 25.6 Å². The molecule has 1 unspecified atom stereocenters. The molecule has 3 rings (SSSR count). The first-order valence-corrected chi connectivity index (χ1v) is 10.9. The zero-order valence-electron chi connectivity index (χ0n) is 17.5. The third-order valence-electron chi connectivity index (χ3n) is 4.82. The van der Waals surface area contributed by atoms with E-state index in [1.807, 2.05) is 43.3 Å². The van der Waals surface area contributed by atoms with Crippen LogP contribution in [0.2, 0.25) is 0 Å². The lowest BCUT2D eigenvalue weighted by Gasteiger charge is -2.20. The lowest BCUT2D eigenvalue weighted by atomic mass is 10.1. The minimum absolute atomic E-state index is 0.220. The minimum Gasteiger partial charge on any atom is -0.591 e. The highest BCUT2D eigenvalue weighted by molar-refractivity contribution is 7.91. The maximum atomic E-state index is 11.7. The quantitative estimate of drug-likeness (QED) is 0.275. The molecule has 1 aliphatic rings. The van der Waals surface area contributed by atoms with Gasteiger partial charge in [-0.05, 0) is 54.5 Å². The Morgan fingerprint density at radius 1 is 1.30 bits per heavy atom. The van der Waals surface area contributed by atoms with Gasteiger partial charge >= 0.3 is 0 Å². The Balaban J connectivity index is 1.70. The second-order valence-corrected chi connectivity index (χ2v) is 8.62. The van der Waals surface area contributed by atoms with E-state index in [2.05, 4.69) is 4.40 Å². The Morgan fingerprint density at radius 2 is 2.07 bits per heavy atom. The van der Waals surface area contributed by atoms with Crippen LogP contribution in [0.15, 0.2) is 46.9 Å². The van der Waals surface area contributed by atoms with Gasteiger partial charge in [0.2, 0.25) is 0 Å². The summed E-state index contributed by atoms with van der Waals surface area (Å²) in [6, 6.07) is 11.4. The number of nitrogens with two attached hydrogens (primary N) is 2. The number of hydrazine groups is 1. The molecule has 1 saturated carbocycles. The van der Waals surface area contributed by atoms with Crippen molar-refractivity contribution in [3.8, 4) is 11.5 Å². The van der Waals surface area contributed by atoms with Crippen LogP contribution in [0, 0.1) is 6.92 Å². The van der Waals surface area contributed by atoms with Crippen LogP contribution in [0.3, 0.4) is 0 Å². The predicted octanol–water partition coefficient (Wildman–Crippen LogP) is 3.09. The van der Waals surface area contributed by atoms with Crippen molar-refractivity contribution in [2.24, 2.45) is 16.0 Å². The Morgan fingerprint density at radius 3 is 2.70 bits per heavy atom. The Hall–Kier alpha value is -2.68. The lowest BCUT2D eigenvalue weighted by molar-refractivity contribution is 0.295. The van der Waals surface area contributed by atoms with E-state index < -0.39 is 11.4 Å². The molecule has 30 heavy (non-hydrogen) atoms. The van der Waals surface area contributed by atoms with Crippen LogP contribution >= 0.6 is 0 Å². The van der Waals surface area contributed by atoms with Gasteiger partial charge in [-0.3, -0.25) is 0 Å². The van der Waals surface area contributed by atoms with Crippen LogP contribution in [0.4, 0.5) is 5.69 Å². The first-order valence-electron chi connectivity index (χ1n) is 9.69. The molecule has 7 nitrogen and oxygen atoms in total. The number of nitrogens with zero attached hydrogens (tertiary/aromatic N) is 2. The fourth-order valence-electron chi connectivity index (χ4n) is 2.98. The maximum absolute atomic E-state index is 11.7. The number of rotatable bonds is 9. The van der Waals surface area contributed by atoms with Crippen molar-refractivity contribution in [2.45, 2.75) is 31.6 Å². The van der Waals surface area contributed by atoms with Gasteiger partial charge in [0.15, 0.2) is 0 Å². The van der Waals surface area contributed by atoms with Gasteiger partial charge in [-0.2, -0.15) is 0 Å². The molecule has 2 aromatic carbocycles. The van der Waals surface area contributed by atoms with Crippen molar-refractivity contribution in [3.63, 3.8) is 0 Å². The average molecular weight is 429 g/mol. The van der Waals surface area contributed by atoms with Crippen LogP contribution < -0.4 is 26.1 Å². The highest BCUT2D eigenvalue weighted by Gasteiger charge is 2.34. The van der Waals surface area contributed by atoms with Crippen molar-refractivity contribution in [1.82, 2.24) is 0 Å². The number of aryl methyl sites for hydroxylation is 1. The first-order chi connectivity index (χ1) is 14.4. The monoisotopic (exact) mass is 428 g/mol. The largest absolute Gasteiger partial charge is 0.591 e. The molecule has 1 atom stereocenters. The molecule has 8 heteroatoms. The molecular weight excluding hydrogens is 400 g/mol. The molecule has 0 radical (unpaired) electrons. The molecular formula is C22H28N4O3S. The molecule has 0 aliphatic heterocycles. The van der Waals surface area contributed by atoms with Gasteiger partial charge < -0.3 is 24.8 Å². The topological polar surface area (TPSA) is 109 Å². The summed E-state index contributed by atoms with van der Waals surface area (Å²) in [5.41, 5.74) is 10.2. The van der Waals surface area contributed by atoms with Crippen molar-refractivity contribution in [3.05, 3.63) is 59.2 Å². The van der Waals surface area contributed by atoms with E-state index in [4.69, 9.17) is 21.1 Å². The number of methoxy groups -OCH3 is 1. The molecule has 1 fully saturated rings. The van der Waals surface area contributed by atoms with Crippen molar-refractivity contribution < 1.29 is 14.0 Å². The molecule has 4 N–H and O–H groups in total. The zero-order valence-corrected chi connectivity index (χ0v) is 18.3. The maximum Gasteiger partial charge on any atom is 0.143 e. The van der Waals surface area contributed by atoms with Crippen LogP contribution in [0.25, 0.3) is 5.70 Å². The summed E-state index contributed by atoms with van der Waals surface area (Å²) >= 11 is -1.14. The molecule has 0 bridgehead atoms. The SMILES string of the molecule is COc1cccc(N(C)N)c1COc1ccc(C(N)=CC=N[S+]([O-])C2CC2)cc1C. The normalized spacial score (nSPS) is 15.3. The molecule has 1 aliphatic carbocycles. The Bertz CT molecular complexity index is 942. The predicted molar refractivity (Wildman–Crippen MR) is 123 cm³/mol. The van der Waals surface area contributed by atoms with E-state index in [0.717, 1.165) is 41.0 Å². The van der Waals surface area contributed by atoms with E-state index in [-0.39, 0.29) is 5.25 Å². The van der Waals surface area contributed by atoms with E-state index in [1.165, 1.54) is 6.21 Å². The lowest BCUT2D eigenvalue weighted by Crippen LogP contribution is -2.26. The van der Waals surface area contributed by atoms with E-state index in [1.54, 1.807) is 25.2 Å². The van der Waals surface area contributed by atoms with Crippen LogP contribution in [-0.4, -0.2) is 30.2 Å². The van der Waals surface area contributed by atoms with Gasteiger partial charge in [0.25, 0.3) is 0 Å². The van der Waals surface area contributed by atoms with E-state index >= 15 is 0 Å². The third-order valence-corrected chi connectivity index (χ3v) is 6.19. The molecule has 0 aromatic heterocycles. The van der Waals surface area contributed by atoms with Gasteiger partial charge in [-0.15, -0.1) is 0 Å². The number of benzene rings is 2. The number of anilines is 1. The number of ether oxygens (including phenoxy) is 2. The Labute approximate surface area is 180 Å². The summed E-state index contributed by atoms with van der Waals surface area (Å²) in [5.74, 6) is 7.40. The van der Waals surface area contributed by atoms with Gasteiger partial charge in [-0.1, -0.05) is 10.5 Å². The Kier molecular flexibility index (Phi) is 7.25. The minimum atomic E-state index is -1.14. The summed E-state index contributed by atoms with van der Waals surface area (Å²) in [4.78, 5) is 0. The summed E-state index contributed by atoms with van der Waals surface area (Å²) < 4.78 is 27.3. The standard InChI is InChI=1S/C22H28N4O3S/c1-15-13-16(19(23)11-12-25-30(27)17-8-9-17)7-10-21(15)29-14-18-20(26(2)24)5-4-6-22(18)28-3/h4-7,10-13,17H,8-9,14,23-24H2,1-3H3. The van der Waals surface area contributed by atoms with Crippen LogP contribution in [-0.2, 0) is 18.0 Å². The molecule has 0 amide bonds. The van der Waals surface area contributed by atoms with E-state index in [9.17, 15) is 4.55 Å². The molecule has 0 saturated heterocycles. The highest BCUT2D eigenvalue weighted by Crippen LogP contribution is 2.31.